The lowest BCUT2D eigenvalue weighted by atomic mass is 10.2. The maximum Gasteiger partial charge on any atom is 0.270 e. The lowest BCUT2D eigenvalue weighted by molar-refractivity contribution is -0.121. The zero-order valence-electron chi connectivity index (χ0n) is 13.8. The third-order valence-corrected chi connectivity index (χ3v) is 3.75. The van der Waals surface area contributed by atoms with Crippen LogP contribution in [0.15, 0.2) is 30.3 Å². The molecule has 2 aromatic rings. The van der Waals surface area contributed by atoms with Crippen molar-refractivity contribution in [3.8, 4) is 0 Å². The van der Waals surface area contributed by atoms with E-state index in [1.807, 2.05) is 41.9 Å². The standard InChI is InChI=1S/C17H23N3O3/c1-19(12-16(21)18-9-6-10-23-3)17(22)15-11-13-7-4-5-8-14(13)20(15)2/h4-5,7-8,11H,6,9-10,12H2,1-3H3,(H,18,21). The fourth-order valence-electron chi connectivity index (χ4n) is 2.48. The number of nitrogens with one attached hydrogen (secondary N) is 1. The summed E-state index contributed by atoms with van der Waals surface area (Å²) in [6.07, 6.45) is 0.753. The molecule has 0 spiro atoms. The number of rotatable bonds is 7. The smallest absolute Gasteiger partial charge is 0.270 e. The average molecular weight is 317 g/mol. The van der Waals surface area contributed by atoms with E-state index in [-0.39, 0.29) is 18.4 Å². The number of likely N-dealkylation sites (N-methyl/N-ethyl adjacent to an activating group) is 1. The van der Waals surface area contributed by atoms with Gasteiger partial charge in [0, 0.05) is 45.3 Å². The summed E-state index contributed by atoms with van der Waals surface area (Å²) in [6, 6.07) is 9.66. The Morgan fingerprint density at radius 3 is 2.74 bits per heavy atom. The lowest BCUT2D eigenvalue weighted by Crippen LogP contribution is -2.39. The van der Waals surface area contributed by atoms with Gasteiger partial charge in [-0.25, -0.2) is 0 Å². The summed E-state index contributed by atoms with van der Waals surface area (Å²) in [7, 11) is 5.11. The first-order chi connectivity index (χ1) is 11.0. The quantitative estimate of drug-likeness (QED) is 0.785. The van der Waals surface area contributed by atoms with E-state index in [2.05, 4.69) is 5.32 Å². The number of ether oxygens (including phenoxy) is 1. The minimum absolute atomic E-state index is 0.0351. The molecule has 23 heavy (non-hydrogen) atoms. The van der Waals surface area contributed by atoms with Crippen LogP contribution in [0.1, 0.15) is 16.9 Å². The molecule has 0 saturated carbocycles. The van der Waals surface area contributed by atoms with Gasteiger partial charge < -0.3 is 19.5 Å². The van der Waals surface area contributed by atoms with Crippen LogP contribution in [0.25, 0.3) is 10.9 Å². The molecule has 1 N–H and O–H groups in total. The second kappa shape index (κ2) is 7.78. The predicted octanol–water partition coefficient (Wildman–Crippen LogP) is 1.40. The van der Waals surface area contributed by atoms with E-state index in [9.17, 15) is 9.59 Å². The van der Waals surface area contributed by atoms with Crippen molar-refractivity contribution in [1.29, 1.82) is 0 Å². The molecule has 0 radical (unpaired) electrons. The summed E-state index contributed by atoms with van der Waals surface area (Å²) in [5.41, 5.74) is 1.56. The summed E-state index contributed by atoms with van der Waals surface area (Å²) in [5, 5.41) is 3.79. The number of amides is 2. The van der Waals surface area contributed by atoms with Crippen molar-refractivity contribution in [2.24, 2.45) is 7.05 Å². The highest BCUT2D eigenvalue weighted by Gasteiger charge is 2.18. The molecule has 1 aromatic heterocycles. The maximum absolute atomic E-state index is 12.6. The second-order valence-corrected chi connectivity index (χ2v) is 5.50. The Hall–Kier alpha value is -2.34. The number of nitrogens with zero attached hydrogens (tertiary/aromatic N) is 2. The first-order valence-corrected chi connectivity index (χ1v) is 7.60. The Balaban J connectivity index is 1.98. The minimum atomic E-state index is -0.171. The summed E-state index contributed by atoms with van der Waals surface area (Å²) >= 11 is 0. The largest absolute Gasteiger partial charge is 0.385 e. The zero-order valence-corrected chi connectivity index (χ0v) is 13.8. The fraction of sp³-hybridized carbons (Fsp3) is 0.412. The molecule has 2 rings (SSSR count). The van der Waals surface area contributed by atoms with Gasteiger partial charge in [-0.3, -0.25) is 9.59 Å². The highest BCUT2D eigenvalue weighted by Crippen LogP contribution is 2.19. The second-order valence-electron chi connectivity index (χ2n) is 5.50. The number of aromatic nitrogens is 1. The predicted molar refractivity (Wildman–Crippen MR) is 89.4 cm³/mol. The Bertz CT molecular complexity index is 693. The van der Waals surface area contributed by atoms with Crippen LogP contribution in [0.5, 0.6) is 0 Å². The Morgan fingerprint density at radius 1 is 1.30 bits per heavy atom. The van der Waals surface area contributed by atoms with Crippen molar-refractivity contribution < 1.29 is 14.3 Å². The van der Waals surface area contributed by atoms with Gasteiger partial charge in [-0.2, -0.15) is 0 Å². The first kappa shape index (κ1) is 17.0. The van der Waals surface area contributed by atoms with Gasteiger partial charge in [0.05, 0.1) is 6.54 Å². The third-order valence-electron chi connectivity index (χ3n) is 3.75. The average Bonchev–Trinajstić information content (AvgIpc) is 2.88. The van der Waals surface area contributed by atoms with Crippen molar-refractivity contribution in [2.75, 3.05) is 33.9 Å². The molecule has 1 heterocycles. The van der Waals surface area contributed by atoms with Crippen LogP contribution in [0.4, 0.5) is 0 Å². The summed E-state index contributed by atoms with van der Waals surface area (Å²) in [4.78, 5) is 25.8. The summed E-state index contributed by atoms with van der Waals surface area (Å²) in [5.74, 6) is -0.341. The van der Waals surface area contributed by atoms with E-state index >= 15 is 0 Å². The first-order valence-electron chi connectivity index (χ1n) is 7.60. The van der Waals surface area contributed by atoms with E-state index < -0.39 is 0 Å². The van der Waals surface area contributed by atoms with Gasteiger partial charge in [-0.05, 0) is 18.6 Å². The van der Waals surface area contributed by atoms with Gasteiger partial charge in [-0.15, -0.1) is 0 Å². The molecule has 1 aromatic carbocycles. The van der Waals surface area contributed by atoms with Gasteiger partial charge in [0.15, 0.2) is 0 Å². The lowest BCUT2D eigenvalue weighted by Gasteiger charge is -2.17. The molecule has 2 amide bonds. The molecule has 0 bridgehead atoms. The maximum atomic E-state index is 12.6. The van der Waals surface area contributed by atoms with E-state index in [1.54, 1.807) is 14.2 Å². The van der Waals surface area contributed by atoms with Crippen LogP contribution in [-0.2, 0) is 16.6 Å². The highest BCUT2D eigenvalue weighted by molar-refractivity contribution is 5.99. The van der Waals surface area contributed by atoms with E-state index in [0.717, 1.165) is 17.3 Å². The molecule has 124 valence electrons. The van der Waals surface area contributed by atoms with Gasteiger partial charge in [0.25, 0.3) is 5.91 Å². The van der Waals surface area contributed by atoms with Crippen LogP contribution in [0.3, 0.4) is 0 Å². The van der Waals surface area contributed by atoms with Gasteiger partial charge >= 0.3 is 0 Å². The van der Waals surface area contributed by atoms with Crippen molar-refractivity contribution in [1.82, 2.24) is 14.8 Å². The molecule has 0 aliphatic carbocycles. The number of benzene rings is 1. The van der Waals surface area contributed by atoms with Crippen molar-refractivity contribution in [2.45, 2.75) is 6.42 Å². The van der Waals surface area contributed by atoms with Gasteiger partial charge in [-0.1, -0.05) is 18.2 Å². The number of hydrogen-bond donors (Lipinski definition) is 1. The Morgan fingerprint density at radius 2 is 2.04 bits per heavy atom. The van der Waals surface area contributed by atoms with Crippen molar-refractivity contribution in [3.05, 3.63) is 36.0 Å². The van der Waals surface area contributed by atoms with Crippen LogP contribution in [-0.4, -0.2) is 55.1 Å². The van der Waals surface area contributed by atoms with Crippen molar-refractivity contribution in [3.63, 3.8) is 0 Å². The van der Waals surface area contributed by atoms with Gasteiger partial charge in [0.1, 0.15) is 5.69 Å². The van der Waals surface area contributed by atoms with Crippen LogP contribution < -0.4 is 5.32 Å². The normalized spacial score (nSPS) is 10.7. The molecule has 0 unspecified atom stereocenters. The number of methoxy groups -OCH3 is 1. The fourth-order valence-corrected chi connectivity index (χ4v) is 2.48. The van der Waals surface area contributed by atoms with Crippen LogP contribution >= 0.6 is 0 Å². The molecule has 6 heteroatoms. The van der Waals surface area contributed by atoms with E-state index in [1.165, 1.54) is 4.90 Å². The van der Waals surface area contributed by atoms with Crippen molar-refractivity contribution >= 4 is 22.7 Å². The molecular formula is C17H23N3O3. The third kappa shape index (κ3) is 4.10. The molecule has 0 aliphatic rings. The SMILES string of the molecule is COCCCNC(=O)CN(C)C(=O)c1cc2ccccc2n1C. The molecule has 0 aliphatic heterocycles. The Labute approximate surface area is 136 Å². The minimum Gasteiger partial charge on any atom is -0.385 e. The summed E-state index contributed by atoms with van der Waals surface area (Å²) in [6.45, 7) is 1.18. The molecule has 0 atom stereocenters. The van der Waals surface area contributed by atoms with Crippen LogP contribution in [0.2, 0.25) is 0 Å². The number of para-hydroxylation sites is 1. The number of carbonyl (C=O) groups is 2. The Kier molecular flexibility index (Phi) is 5.76. The van der Waals surface area contributed by atoms with E-state index in [4.69, 9.17) is 4.74 Å². The molecule has 0 saturated heterocycles. The number of carbonyl (C=O) groups excluding carboxylic acids is 2. The summed E-state index contributed by atoms with van der Waals surface area (Å²) < 4.78 is 6.78. The number of fused-ring (bicyclic) bond motifs is 1. The number of aryl methyl sites for hydroxylation is 1. The van der Waals surface area contributed by atoms with Gasteiger partial charge in [0.2, 0.25) is 5.91 Å². The highest BCUT2D eigenvalue weighted by atomic mass is 16.5. The molecule has 0 fully saturated rings. The topological polar surface area (TPSA) is 63.6 Å². The molecule has 6 nitrogen and oxygen atoms in total. The monoisotopic (exact) mass is 317 g/mol. The van der Waals surface area contributed by atoms with Crippen LogP contribution in [0, 0.1) is 0 Å². The number of hydrogen-bond acceptors (Lipinski definition) is 3. The zero-order chi connectivity index (χ0) is 16.8. The van der Waals surface area contributed by atoms with E-state index in [0.29, 0.717) is 18.8 Å². The molecular weight excluding hydrogens is 294 g/mol.